The molecule has 0 saturated carbocycles. The van der Waals surface area contributed by atoms with Gasteiger partial charge in [0.2, 0.25) is 5.95 Å². The molecule has 0 aliphatic carbocycles. The van der Waals surface area contributed by atoms with Gasteiger partial charge in [-0.3, -0.25) is 9.99 Å². The van der Waals surface area contributed by atoms with Gasteiger partial charge in [-0.25, -0.2) is 9.99 Å². The molecular weight excluding hydrogens is 350 g/mol. The van der Waals surface area contributed by atoms with Crippen molar-refractivity contribution in [3.63, 3.8) is 0 Å². The summed E-state index contributed by atoms with van der Waals surface area (Å²) < 4.78 is 2.10. The van der Waals surface area contributed by atoms with E-state index in [-0.39, 0.29) is 0 Å². The Morgan fingerprint density at radius 2 is 1.79 bits per heavy atom. The third-order valence-electron chi connectivity index (χ3n) is 5.13. The van der Waals surface area contributed by atoms with E-state index in [0.717, 1.165) is 61.0 Å². The zero-order valence-electron chi connectivity index (χ0n) is 16.8. The number of rotatable bonds is 7. The molecule has 3 aromatic rings. The van der Waals surface area contributed by atoms with Crippen molar-refractivity contribution in [2.75, 3.05) is 30.4 Å². The lowest BCUT2D eigenvalue weighted by atomic mass is 10.2. The molecule has 1 aliphatic rings. The van der Waals surface area contributed by atoms with Gasteiger partial charge in [-0.05, 0) is 38.3 Å². The van der Waals surface area contributed by atoms with Gasteiger partial charge in [0.1, 0.15) is 5.82 Å². The Kier molecular flexibility index (Phi) is 5.71. The molecule has 0 bridgehead atoms. The van der Waals surface area contributed by atoms with Crippen LogP contribution in [0, 0.1) is 6.92 Å². The molecule has 1 aromatic carbocycles. The smallest absolute Gasteiger partial charge is 0.241 e. The highest BCUT2D eigenvalue weighted by Crippen LogP contribution is 2.26. The number of unbranched alkanes of at least 4 members (excludes halogenated alkanes) is 1. The van der Waals surface area contributed by atoms with E-state index in [9.17, 15) is 0 Å². The normalized spacial score (nSPS) is 15.1. The average Bonchev–Trinajstić information content (AvgIpc) is 3.05. The summed E-state index contributed by atoms with van der Waals surface area (Å²) in [5.74, 6) is 2.34. The lowest BCUT2D eigenvalue weighted by molar-refractivity contribution is 0.271. The Bertz CT molecular complexity index is 913. The molecule has 0 radical (unpaired) electrons. The van der Waals surface area contributed by atoms with Gasteiger partial charge in [0.05, 0.1) is 0 Å². The number of hydrogen-bond donors (Lipinski definition) is 2. The molecule has 7 heteroatoms. The molecule has 0 spiro atoms. The van der Waals surface area contributed by atoms with E-state index in [1.54, 1.807) is 0 Å². The highest BCUT2D eigenvalue weighted by molar-refractivity contribution is 5.86. The highest BCUT2D eigenvalue weighted by atomic mass is 15.5. The van der Waals surface area contributed by atoms with Crippen LogP contribution in [0.4, 0.5) is 11.8 Å². The predicted molar refractivity (Wildman–Crippen MR) is 114 cm³/mol. The maximum Gasteiger partial charge on any atom is 0.241 e. The maximum absolute atomic E-state index is 4.85. The van der Waals surface area contributed by atoms with E-state index in [4.69, 9.17) is 15.0 Å². The number of hydrogen-bond acceptors (Lipinski definition) is 6. The number of nitrogens with one attached hydrogen (secondary N) is 2. The average molecular weight is 380 g/mol. The van der Waals surface area contributed by atoms with Crippen LogP contribution in [-0.2, 0) is 0 Å². The second-order valence-electron chi connectivity index (χ2n) is 7.34. The molecule has 4 rings (SSSR count). The first-order chi connectivity index (χ1) is 13.8. The van der Waals surface area contributed by atoms with Crippen LogP contribution in [0.1, 0.15) is 44.9 Å². The van der Waals surface area contributed by atoms with Crippen LogP contribution < -0.4 is 10.7 Å². The number of hydrazine groups is 1. The van der Waals surface area contributed by atoms with Crippen molar-refractivity contribution < 1.29 is 0 Å². The summed E-state index contributed by atoms with van der Waals surface area (Å²) in [5, 5.41) is 5.69. The van der Waals surface area contributed by atoms with Crippen LogP contribution in [0.5, 0.6) is 0 Å². The van der Waals surface area contributed by atoms with Gasteiger partial charge in [0.25, 0.3) is 0 Å². The van der Waals surface area contributed by atoms with Crippen LogP contribution in [0.2, 0.25) is 0 Å². The van der Waals surface area contributed by atoms with Crippen molar-refractivity contribution in [2.24, 2.45) is 0 Å². The molecule has 0 amide bonds. The Labute approximate surface area is 166 Å². The van der Waals surface area contributed by atoms with Crippen LogP contribution in [-0.4, -0.2) is 44.2 Å². The lowest BCUT2D eigenvalue weighted by Gasteiger charge is -2.26. The fourth-order valence-electron chi connectivity index (χ4n) is 3.66. The van der Waals surface area contributed by atoms with Crippen molar-refractivity contribution in [3.05, 3.63) is 36.2 Å². The maximum atomic E-state index is 4.85. The first-order valence-electron chi connectivity index (χ1n) is 10.3. The molecule has 2 N–H and O–H groups in total. The number of imidazole rings is 1. The minimum atomic E-state index is 0.630. The number of fused-ring (bicyclic) bond motifs is 1. The Balaban J connectivity index is 1.76. The summed E-state index contributed by atoms with van der Waals surface area (Å²) in [6.07, 6.45) is 5.94. The number of aromatic nitrogens is 4. The molecule has 0 atom stereocenters. The van der Waals surface area contributed by atoms with Crippen LogP contribution in [0.3, 0.4) is 0 Å². The number of para-hydroxylation sites is 1. The minimum Gasteiger partial charge on any atom is -0.368 e. The first kappa shape index (κ1) is 18.7. The number of benzene rings is 1. The fourth-order valence-corrected chi connectivity index (χ4v) is 3.66. The van der Waals surface area contributed by atoms with Gasteiger partial charge in [-0.1, -0.05) is 38.0 Å². The van der Waals surface area contributed by atoms with Crippen LogP contribution in [0.25, 0.3) is 16.9 Å². The standard InChI is InChI=1S/C21H29N7/c1-3-4-13-22-19-18-20(25-21(24-19)26-27-14-9-6-10-15-27)28(16(2)23-18)17-11-7-5-8-12-17/h5,7-8,11-12H,3-4,6,9-10,13-15H2,1-2H3,(H2,22,24,25,26). The van der Waals surface area contributed by atoms with E-state index >= 15 is 0 Å². The number of nitrogens with zero attached hydrogens (tertiary/aromatic N) is 5. The SMILES string of the molecule is CCCCNc1nc(NN2CCCCC2)nc2c1nc(C)n2-c1ccccc1. The molecule has 1 aliphatic heterocycles. The van der Waals surface area contributed by atoms with E-state index in [1.807, 2.05) is 25.1 Å². The molecule has 1 fully saturated rings. The molecule has 0 unspecified atom stereocenters. The predicted octanol–water partition coefficient (Wildman–Crippen LogP) is 4.15. The number of piperidine rings is 1. The summed E-state index contributed by atoms with van der Waals surface area (Å²) in [5.41, 5.74) is 6.13. The number of aryl methyl sites for hydroxylation is 1. The molecule has 7 nitrogen and oxygen atoms in total. The largest absolute Gasteiger partial charge is 0.368 e. The van der Waals surface area contributed by atoms with Crippen LogP contribution in [0.15, 0.2) is 30.3 Å². The molecular formula is C21H29N7. The second-order valence-corrected chi connectivity index (χ2v) is 7.34. The number of anilines is 2. The molecule has 2 aromatic heterocycles. The fraction of sp³-hybridized carbons (Fsp3) is 0.476. The topological polar surface area (TPSA) is 70.9 Å². The van der Waals surface area contributed by atoms with Crippen molar-refractivity contribution in [2.45, 2.75) is 46.0 Å². The van der Waals surface area contributed by atoms with Gasteiger partial charge < -0.3 is 5.32 Å². The Morgan fingerprint density at radius 1 is 1.00 bits per heavy atom. The summed E-state index contributed by atoms with van der Waals surface area (Å²) in [7, 11) is 0. The molecule has 28 heavy (non-hydrogen) atoms. The van der Waals surface area contributed by atoms with E-state index in [0.29, 0.717) is 5.95 Å². The van der Waals surface area contributed by atoms with Gasteiger partial charge in [0, 0.05) is 25.3 Å². The molecule has 3 heterocycles. The zero-order chi connectivity index (χ0) is 19.3. The Hall–Kier alpha value is -2.67. The van der Waals surface area contributed by atoms with Crippen molar-refractivity contribution in [1.82, 2.24) is 24.5 Å². The Morgan fingerprint density at radius 3 is 2.54 bits per heavy atom. The summed E-state index contributed by atoms with van der Waals surface area (Å²) >= 11 is 0. The third-order valence-corrected chi connectivity index (χ3v) is 5.13. The van der Waals surface area contributed by atoms with Crippen molar-refractivity contribution in [1.29, 1.82) is 0 Å². The third kappa shape index (κ3) is 3.94. The van der Waals surface area contributed by atoms with Crippen molar-refractivity contribution >= 4 is 22.9 Å². The van der Waals surface area contributed by atoms with E-state index < -0.39 is 0 Å². The quantitative estimate of drug-likeness (QED) is 0.601. The van der Waals surface area contributed by atoms with Crippen molar-refractivity contribution in [3.8, 4) is 5.69 Å². The second kappa shape index (κ2) is 8.56. The van der Waals surface area contributed by atoms with Gasteiger partial charge in [-0.2, -0.15) is 9.97 Å². The highest BCUT2D eigenvalue weighted by Gasteiger charge is 2.18. The van der Waals surface area contributed by atoms with Crippen LogP contribution >= 0.6 is 0 Å². The monoisotopic (exact) mass is 379 g/mol. The summed E-state index contributed by atoms with van der Waals surface area (Å²) in [6, 6.07) is 10.3. The minimum absolute atomic E-state index is 0.630. The summed E-state index contributed by atoms with van der Waals surface area (Å²) in [6.45, 7) is 7.13. The van der Waals surface area contributed by atoms with Gasteiger partial charge in [-0.15, -0.1) is 0 Å². The van der Waals surface area contributed by atoms with E-state index in [1.165, 1.54) is 19.3 Å². The zero-order valence-corrected chi connectivity index (χ0v) is 16.8. The van der Waals surface area contributed by atoms with Gasteiger partial charge >= 0.3 is 0 Å². The summed E-state index contributed by atoms with van der Waals surface area (Å²) in [4.78, 5) is 14.4. The lowest BCUT2D eigenvalue weighted by Crippen LogP contribution is -2.35. The van der Waals surface area contributed by atoms with Gasteiger partial charge in [0.15, 0.2) is 17.0 Å². The first-order valence-corrected chi connectivity index (χ1v) is 10.3. The molecule has 1 saturated heterocycles. The van der Waals surface area contributed by atoms with E-state index in [2.05, 4.69) is 39.4 Å². The molecule has 148 valence electrons.